The van der Waals surface area contributed by atoms with Crippen LogP contribution in [-0.2, 0) is 6.42 Å². The van der Waals surface area contributed by atoms with Gasteiger partial charge >= 0.3 is 0 Å². The topological polar surface area (TPSA) is 46.0 Å². The molecule has 0 spiro atoms. The maximum absolute atomic E-state index is 8.55. The van der Waals surface area contributed by atoms with Crippen molar-refractivity contribution in [1.29, 1.82) is 0 Å². The summed E-state index contributed by atoms with van der Waals surface area (Å²) in [5, 5.41) is 8.55. The first kappa shape index (κ1) is 10.7. The number of unbranched alkanes of at least 4 members (excludes halogenated alkanes) is 1. The van der Waals surface area contributed by atoms with Crippen molar-refractivity contribution in [3.05, 3.63) is 23.8 Å². The highest BCUT2D eigenvalue weighted by molar-refractivity contribution is 5.27. The quantitative estimate of drug-likeness (QED) is 0.574. The number of hydrogen-bond donors (Lipinski definition) is 1. The van der Waals surface area contributed by atoms with Crippen LogP contribution in [0.4, 0.5) is 0 Å². The van der Waals surface area contributed by atoms with E-state index in [4.69, 9.17) is 5.11 Å². The van der Waals surface area contributed by atoms with Crippen molar-refractivity contribution in [3.8, 4) is 11.8 Å². The summed E-state index contributed by atoms with van der Waals surface area (Å²) in [5.41, 5.74) is 1.77. The Labute approximate surface area is 84.2 Å². The van der Waals surface area contributed by atoms with E-state index in [1.54, 1.807) is 0 Å². The maximum atomic E-state index is 8.55. The second kappa shape index (κ2) is 6.11. The Balaban J connectivity index is 2.60. The van der Waals surface area contributed by atoms with Crippen LogP contribution >= 0.6 is 0 Å². The van der Waals surface area contributed by atoms with E-state index in [0.29, 0.717) is 6.42 Å². The molecule has 14 heavy (non-hydrogen) atoms. The third kappa shape index (κ3) is 3.55. The van der Waals surface area contributed by atoms with Gasteiger partial charge in [0.05, 0.1) is 0 Å². The molecular formula is C11H14N2O. The van der Waals surface area contributed by atoms with Gasteiger partial charge in [-0.15, -0.1) is 0 Å². The molecule has 1 rings (SSSR count). The van der Waals surface area contributed by atoms with Crippen LogP contribution in [0, 0.1) is 11.8 Å². The summed E-state index contributed by atoms with van der Waals surface area (Å²) < 4.78 is 0. The first-order valence-electron chi connectivity index (χ1n) is 4.77. The average molecular weight is 190 g/mol. The highest BCUT2D eigenvalue weighted by Gasteiger charge is 1.92. The van der Waals surface area contributed by atoms with Gasteiger partial charge in [0.25, 0.3) is 0 Å². The summed E-state index contributed by atoms with van der Waals surface area (Å²) in [6.07, 6.45) is 3.86. The van der Waals surface area contributed by atoms with Gasteiger partial charge in [0, 0.05) is 18.7 Å². The molecule has 3 nitrogen and oxygen atoms in total. The van der Waals surface area contributed by atoms with Gasteiger partial charge in [0.1, 0.15) is 12.0 Å². The Morgan fingerprint density at radius 3 is 3.00 bits per heavy atom. The lowest BCUT2D eigenvalue weighted by Gasteiger charge is -1.93. The van der Waals surface area contributed by atoms with Gasteiger partial charge in [-0.2, -0.15) is 0 Å². The summed E-state index contributed by atoms with van der Waals surface area (Å²) in [5.74, 6) is 5.90. The van der Waals surface area contributed by atoms with Gasteiger partial charge in [0.2, 0.25) is 0 Å². The molecule has 0 amide bonds. The van der Waals surface area contributed by atoms with E-state index >= 15 is 0 Å². The Hall–Kier alpha value is -1.40. The van der Waals surface area contributed by atoms with E-state index in [2.05, 4.69) is 21.8 Å². The van der Waals surface area contributed by atoms with Crippen molar-refractivity contribution in [3.63, 3.8) is 0 Å². The minimum absolute atomic E-state index is 0.193. The standard InChI is InChI=1S/C11H14N2O/c1-2-10-8-11(13-9-12-10)6-4-3-5-7-14/h8-9,14H,2-3,5,7H2,1H3. The number of nitrogens with zero attached hydrogens (tertiary/aromatic N) is 2. The molecule has 0 bridgehead atoms. The Morgan fingerprint density at radius 2 is 2.29 bits per heavy atom. The lowest BCUT2D eigenvalue weighted by atomic mass is 10.2. The molecule has 1 aromatic heterocycles. The minimum Gasteiger partial charge on any atom is -0.396 e. The molecule has 0 aliphatic rings. The molecule has 1 N–H and O–H groups in total. The van der Waals surface area contributed by atoms with Crippen LogP contribution in [0.15, 0.2) is 12.4 Å². The largest absolute Gasteiger partial charge is 0.396 e. The van der Waals surface area contributed by atoms with Gasteiger partial charge in [-0.05, 0) is 24.8 Å². The second-order valence-electron chi connectivity index (χ2n) is 2.88. The van der Waals surface area contributed by atoms with Crippen LogP contribution in [0.1, 0.15) is 31.2 Å². The first-order valence-corrected chi connectivity index (χ1v) is 4.77. The lowest BCUT2D eigenvalue weighted by Crippen LogP contribution is -1.90. The fraction of sp³-hybridized carbons (Fsp3) is 0.455. The third-order valence-corrected chi connectivity index (χ3v) is 1.76. The van der Waals surface area contributed by atoms with Crippen molar-refractivity contribution in [2.24, 2.45) is 0 Å². The van der Waals surface area contributed by atoms with E-state index in [1.165, 1.54) is 6.33 Å². The Bertz CT molecular complexity index is 339. The van der Waals surface area contributed by atoms with Crippen molar-refractivity contribution < 1.29 is 5.11 Å². The van der Waals surface area contributed by atoms with Gasteiger partial charge in [-0.1, -0.05) is 12.8 Å². The number of hydrogen-bond acceptors (Lipinski definition) is 3. The molecule has 0 saturated heterocycles. The normalized spacial score (nSPS) is 9.29. The van der Waals surface area contributed by atoms with Crippen molar-refractivity contribution >= 4 is 0 Å². The molecule has 1 heterocycles. The Kier molecular flexibility index (Phi) is 4.66. The van der Waals surface area contributed by atoms with Gasteiger partial charge in [0.15, 0.2) is 0 Å². The van der Waals surface area contributed by atoms with E-state index in [-0.39, 0.29) is 6.61 Å². The number of aliphatic hydroxyl groups is 1. The SMILES string of the molecule is CCc1cc(C#CCCCO)ncn1. The molecule has 3 heteroatoms. The number of aliphatic hydroxyl groups excluding tert-OH is 1. The zero-order valence-corrected chi connectivity index (χ0v) is 8.32. The highest BCUT2D eigenvalue weighted by Crippen LogP contribution is 1.97. The fourth-order valence-electron chi connectivity index (χ4n) is 0.980. The molecule has 0 saturated carbocycles. The molecule has 74 valence electrons. The average Bonchev–Trinajstić information content (AvgIpc) is 2.25. The van der Waals surface area contributed by atoms with Crippen LogP contribution in [0.25, 0.3) is 0 Å². The molecule has 1 aromatic rings. The second-order valence-corrected chi connectivity index (χ2v) is 2.88. The smallest absolute Gasteiger partial charge is 0.117 e. The predicted molar refractivity (Wildman–Crippen MR) is 54.6 cm³/mol. The summed E-state index contributed by atoms with van der Waals surface area (Å²) in [6, 6.07) is 1.89. The molecule has 0 fully saturated rings. The van der Waals surface area contributed by atoms with Gasteiger partial charge in [-0.25, -0.2) is 9.97 Å². The van der Waals surface area contributed by atoms with Crippen molar-refractivity contribution in [1.82, 2.24) is 9.97 Å². The number of aryl methyl sites for hydroxylation is 1. The molecule has 0 radical (unpaired) electrons. The molecule has 0 unspecified atom stereocenters. The molecule has 0 atom stereocenters. The van der Waals surface area contributed by atoms with E-state index in [1.807, 2.05) is 13.0 Å². The fourth-order valence-corrected chi connectivity index (χ4v) is 0.980. The minimum atomic E-state index is 0.193. The van der Waals surface area contributed by atoms with E-state index < -0.39 is 0 Å². The van der Waals surface area contributed by atoms with Gasteiger partial charge < -0.3 is 5.11 Å². The zero-order valence-electron chi connectivity index (χ0n) is 8.32. The summed E-state index contributed by atoms with van der Waals surface area (Å²) >= 11 is 0. The van der Waals surface area contributed by atoms with Crippen LogP contribution in [-0.4, -0.2) is 21.7 Å². The van der Waals surface area contributed by atoms with Crippen LogP contribution in [0.3, 0.4) is 0 Å². The van der Waals surface area contributed by atoms with Crippen LogP contribution in [0.2, 0.25) is 0 Å². The molecule has 0 aromatic carbocycles. The number of aromatic nitrogens is 2. The van der Waals surface area contributed by atoms with Crippen LogP contribution < -0.4 is 0 Å². The molecule has 0 aliphatic carbocycles. The summed E-state index contributed by atoms with van der Waals surface area (Å²) in [4.78, 5) is 8.12. The lowest BCUT2D eigenvalue weighted by molar-refractivity contribution is 0.290. The van der Waals surface area contributed by atoms with Crippen molar-refractivity contribution in [2.45, 2.75) is 26.2 Å². The number of rotatable bonds is 3. The van der Waals surface area contributed by atoms with E-state index in [0.717, 1.165) is 24.2 Å². The first-order chi connectivity index (χ1) is 6.86. The summed E-state index contributed by atoms with van der Waals surface area (Å²) in [6.45, 7) is 2.24. The molecule has 0 aliphatic heterocycles. The molecular weight excluding hydrogens is 176 g/mol. The monoisotopic (exact) mass is 190 g/mol. The maximum Gasteiger partial charge on any atom is 0.117 e. The van der Waals surface area contributed by atoms with Crippen molar-refractivity contribution in [2.75, 3.05) is 6.61 Å². The predicted octanol–water partition coefficient (Wildman–Crippen LogP) is 1.16. The third-order valence-electron chi connectivity index (χ3n) is 1.76. The summed E-state index contributed by atoms with van der Waals surface area (Å²) in [7, 11) is 0. The van der Waals surface area contributed by atoms with E-state index in [9.17, 15) is 0 Å². The zero-order chi connectivity index (χ0) is 10.2. The highest BCUT2D eigenvalue weighted by atomic mass is 16.2. The van der Waals surface area contributed by atoms with Crippen LogP contribution in [0.5, 0.6) is 0 Å². The van der Waals surface area contributed by atoms with Gasteiger partial charge in [-0.3, -0.25) is 0 Å². The Morgan fingerprint density at radius 1 is 1.43 bits per heavy atom.